The summed E-state index contributed by atoms with van der Waals surface area (Å²) in [7, 11) is 1.87. The SMILES string of the molecule is Cn1cc(-c2cnc(Cl)nc2NCC2CCN(C(=O)OC(C)(C)C)CC2)cn1. The van der Waals surface area contributed by atoms with E-state index >= 15 is 0 Å². The van der Waals surface area contributed by atoms with E-state index in [4.69, 9.17) is 16.3 Å². The number of hydrogen-bond donors (Lipinski definition) is 1. The van der Waals surface area contributed by atoms with Gasteiger partial charge in [0, 0.05) is 50.2 Å². The van der Waals surface area contributed by atoms with Gasteiger partial charge in [-0.05, 0) is 51.1 Å². The van der Waals surface area contributed by atoms with E-state index in [1.165, 1.54) is 0 Å². The van der Waals surface area contributed by atoms with Gasteiger partial charge in [-0.2, -0.15) is 5.10 Å². The number of carbonyl (C=O) groups excluding carboxylic acids is 1. The quantitative estimate of drug-likeness (QED) is 0.781. The number of aromatic nitrogens is 4. The molecular formula is C19H27ClN6O2. The topological polar surface area (TPSA) is 85.2 Å². The average molecular weight is 407 g/mol. The normalized spacial score (nSPS) is 15.5. The molecule has 0 spiro atoms. The van der Waals surface area contributed by atoms with Gasteiger partial charge in [0.15, 0.2) is 0 Å². The average Bonchev–Trinajstić information content (AvgIpc) is 3.05. The largest absolute Gasteiger partial charge is 0.444 e. The van der Waals surface area contributed by atoms with Gasteiger partial charge in [-0.1, -0.05) is 0 Å². The first kappa shape index (κ1) is 20.4. The number of carbonyl (C=O) groups is 1. The summed E-state index contributed by atoms with van der Waals surface area (Å²) in [5.74, 6) is 1.14. The van der Waals surface area contributed by atoms with Crippen LogP contribution in [0.4, 0.5) is 10.6 Å². The Hall–Kier alpha value is -2.35. The first-order valence-electron chi connectivity index (χ1n) is 9.44. The molecule has 0 radical (unpaired) electrons. The fourth-order valence-electron chi connectivity index (χ4n) is 3.15. The molecule has 3 rings (SSSR count). The summed E-state index contributed by atoms with van der Waals surface area (Å²) in [5, 5.41) is 7.82. The van der Waals surface area contributed by atoms with Crippen LogP contribution in [0.2, 0.25) is 5.28 Å². The van der Waals surface area contributed by atoms with Crippen LogP contribution in [-0.2, 0) is 11.8 Å². The number of aryl methyl sites for hydroxylation is 1. The molecule has 1 fully saturated rings. The monoisotopic (exact) mass is 406 g/mol. The molecule has 0 saturated carbocycles. The summed E-state index contributed by atoms with van der Waals surface area (Å²) in [6, 6.07) is 0. The molecule has 1 amide bonds. The Labute approximate surface area is 170 Å². The Kier molecular flexibility index (Phi) is 6.07. The van der Waals surface area contributed by atoms with Crippen LogP contribution in [0.25, 0.3) is 11.1 Å². The fraction of sp³-hybridized carbons (Fsp3) is 0.579. The number of nitrogens with one attached hydrogen (secondary N) is 1. The van der Waals surface area contributed by atoms with Crippen LogP contribution in [0.15, 0.2) is 18.6 Å². The number of amides is 1. The Morgan fingerprint density at radius 1 is 1.32 bits per heavy atom. The number of likely N-dealkylation sites (tertiary alicyclic amines) is 1. The van der Waals surface area contributed by atoms with Crippen molar-refractivity contribution in [2.24, 2.45) is 13.0 Å². The number of piperidine rings is 1. The van der Waals surface area contributed by atoms with Gasteiger partial charge in [-0.15, -0.1) is 0 Å². The van der Waals surface area contributed by atoms with E-state index in [0.29, 0.717) is 24.8 Å². The number of anilines is 1. The van der Waals surface area contributed by atoms with E-state index in [1.54, 1.807) is 22.0 Å². The highest BCUT2D eigenvalue weighted by molar-refractivity contribution is 6.28. The summed E-state index contributed by atoms with van der Waals surface area (Å²) in [5.41, 5.74) is 1.33. The maximum atomic E-state index is 12.2. The molecule has 2 aromatic rings. The molecule has 1 aliphatic heterocycles. The van der Waals surface area contributed by atoms with Crippen molar-refractivity contribution in [2.75, 3.05) is 25.0 Å². The number of ether oxygens (including phenoxy) is 1. The first-order chi connectivity index (χ1) is 13.2. The van der Waals surface area contributed by atoms with E-state index in [9.17, 15) is 4.79 Å². The van der Waals surface area contributed by atoms with Crippen LogP contribution >= 0.6 is 11.6 Å². The third-order valence-corrected chi connectivity index (χ3v) is 4.78. The second-order valence-corrected chi connectivity index (χ2v) is 8.43. The number of nitrogens with zero attached hydrogens (tertiary/aromatic N) is 5. The standard InChI is InChI=1S/C19H27ClN6O2/c1-19(2,3)28-18(27)26-7-5-13(6-8-26)9-21-16-15(11-22-17(20)24-16)14-10-23-25(4)12-14/h10-13H,5-9H2,1-4H3,(H,21,22,24). The van der Waals surface area contributed by atoms with Crippen LogP contribution in [0.3, 0.4) is 0 Å². The minimum Gasteiger partial charge on any atom is -0.444 e. The van der Waals surface area contributed by atoms with Crippen molar-refractivity contribution >= 4 is 23.5 Å². The Morgan fingerprint density at radius 3 is 2.64 bits per heavy atom. The predicted molar refractivity (Wildman–Crippen MR) is 108 cm³/mol. The maximum Gasteiger partial charge on any atom is 0.410 e. The molecule has 0 aliphatic carbocycles. The number of halogens is 1. The van der Waals surface area contributed by atoms with Gasteiger partial charge in [0.25, 0.3) is 0 Å². The summed E-state index contributed by atoms with van der Waals surface area (Å²) in [6.45, 7) is 7.79. The smallest absolute Gasteiger partial charge is 0.410 e. The summed E-state index contributed by atoms with van der Waals surface area (Å²) < 4.78 is 7.19. The molecule has 28 heavy (non-hydrogen) atoms. The van der Waals surface area contributed by atoms with E-state index in [2.05, 4.69) is 20.4 Å². The van der Waals surface area contributed by atoms with Crippen molar-refractivity contribution in [3.63, 3.8) is 0 Å². The highest BCUT2D eigenvalue weighted by Gasteiger charge is 2.27. The molecule has 0 aromatic carbocycles. The lowest BCUT2D eigenvalue weighted by Gasteiger charge is -2.33. The van der Waals surface area contributed by atoms with Crippen molar-refractivity contribution in [1.82, 2.24) is 24.6 Å². The molecule has 9 heteroatoms. The van der Waals surface area contributed by atoms with Crippen molar-refractivity contribution in [3.05, 3.63) is 23.9 Å². The molecule has 1 saturated heterocycles. The molecule has 1 N–H and O–H groups in total. The maximum absolute atomic E-state index is 12.2. The summed E-state index contributed by atoms with van der Waals surface area (Å²) in [4.78, 5) is 22.4. The zero-order chi connectivity index (χ0) is 20.3. The van der Waals surface area contributed by atoms with E-state index in [-0.39, 0.29) is 11.4 Å². The van der Waals surface area contributed by atoms with Gasteiger partial charge in [0.05, 0.1) is 6.20 Å². The predicted octanol–water partition coefficient (Wildman–Crippen LogP) is 3.59. The fourth-order valence-corrected chi connectivity index (χ4v) is 3.29. The van der Waals surface area contributed by atoms with Gasteiger partial charge < -0.3 is 15.0 Å². The lowest BCUT2D eigenvalue weighted by atomic mass is 9.97. The van der Waals surface area contributed by atoms with Crippen LogP contribution in [0.5, 0.6) is 0 Å². The Balaban J connectivity index is 1.57. The van der Waals surface area contributed by atoms with Gasteiger partial charge >= 0.3 is 6.09 Å². The summed E-state index contributed by atoms with van der Waals surface area (Å²) in [6.07, 6.45) is 6.98. The zero-order valence-corrected chi connectivity index (χ0v) is 17.5. The lowest BCUT2D eigenvalue weighted by Crippen LogP contribution is -2.42. The molecule has 8 nitrogen and oxygen atoms in total. The van der Waals surface area contributed by atoms with Crippen LogP contribution in [0.1, 0.15) is 33.6 Å². The van der Waals surface area contributed by atoms with Gasteiger partial charge in [0.2, 0.25) is 5.28 Å². The molecule has 2 aromatic heterocycles. The van der Waals surface area contributed by atoms with E-state index < -0.39 is 5.60 Å². The van der Waals surface area contributed by atoms with E-state index in [0.717, 1.165) is 30.5 Å². The van der Waals surface area contributed by atoms with Crippen molar-refractivity contribution in [2.45, 2.75) is 39.2 Å². The van der Waals surface area contributed by atoms with Crippen LogP contribution < -0.4 is 5.32 Å². The van der Waals surface area contributed by atoms with Crippen LogP contribution in [0, 0.1) is 5.92 Å². The third-order valence-electron chi connectivity index (χ3n) is 4.60. The van der Waals surface area contributed by atoms with Gasteiger partial charge in [-0.25, -0.2) is 14.8 Å². The molecule has 3 heterocycles. The van der Waals surface area contributed by atoms with Crippen LogP contribution in [-0.4, -0.2) is 56.0 Å². The van der Waals surface area contributed by atoms with Crippen molar-refractivity contribution in [1.29, 1.82) is 0 Å². The van der Waals surface area contributed by atoms with Crippen molar-refractivity contribution in [3.8, 4) is 11.1 Å². The molecule has 0 bridgehead atoms. The van der Waals surface area contributed by atoms with Gasteiger partial charge in [0.1, 0.15) is 11.4 Å². The number of rotatable bonds is 4. The highest BCUT2D eigenvalue weighted by atomic mass is 35.5. The first-order valence-corrected chi connectivity index (χ1v) is 9.82. The Bertz CT molecular complexity index is 824. The molecule has 1 aliphatic rings. The second-order valence-electron chi connectivity index (χ2n) is 8.10. The highest BCUT2D eigenvalue weighted by Crippen LogP contribution is 2.27. The molecule has 152 valence electrons. The Morgan fingerprint density at radius 2 is 2.04 bits per heavy atom. The number of hydrogen-bond acceptors (Lipinski definition) is 6. The molecule has 0 unspecified atom stereocenters. The molecular weight excluding hydrogens is 380 g/mol. The third kappa shape index (κ3) is 5.34. The lowest BCUT2D eigenvalue weighted by molar-refractivity contribution is 0.0188. The second kappa shape index (κ2) is 8.34. The summed E-state index contributed by atoms with van der Waals surface area (Å²) >= 11 is 6.00. The molecule has 0 atom stereocenters. The minimum absolute atomic E-state index is 0.204. The minimum atomic E-state index is -0.468. The zero-order valence-electron chi connectivity index (χ0n) is 16.8. The van der Waals surface area contributed by atoms with E-state index in [1.807, 2.05) is 34.0 Å². The van der Waals surface area contributed by atoms with Crippen molar-refractivity contribution < 1.29 is 9.53 Å². The van der Waals surface area contributed by atoms with Gasteiger partial charge in [-0.3, -0.25) is 4.68 Å².